The van der Waals surface area contributed by atoms with E-state index in [2.05, 4.69) is 10.3 Å². The molecule has 32 heavy (non-hydrogen) atoms. The average molecular weight is 435 g/mol. The van der Waals surface area contributed by atoms with Crippen molar-refractivity contribution < 1.29 is 19.0 Å². The molecule has 0 bridgehead atoms. The summed E-state index contributed by atoms with van der Waals surface area (Å²) < 4.78 is 17.7. The molecule has 0 fully saturated rings. The number of benzene rings is 2. The van der Waals surface area contributed by atoms with Gasteiger partial charge in [-0.3, -0.25) is 9.20 Å². The Balaban J connectivity index is 0.00000289. The summed E-state index contributed by atoms with van der Waals surface area (Å²) in [7, 11) is 4.69. The van der Waals surface area contributed by atoms with E-state index in [1.807, 2.05) is 24.3 Å². The van der Waals surface area contributed by atoms with Crippen molar-refractivity contribution in [1.29, 1.82) is 0 Å². The zero-order valence-electron chi connectivity index (χ0n) is 17.2. The zero-order valence-corrected chi connectivity index (χ0v) is 17.2. The van der Waals surface area contributed by atoms with E-state index in [0.717, 1.165) is 5.56 Å². The minimum Gasteiger partial charge on any atom is -0.497 e. The quantitative estimate of drug-likeness (QED) is 0.453. The molecule has 166 valence electrons. The molecule has 1 amide bonds. The lowest BCUT2D eigenvalue weighted by atomic mass is 10.1. The Bertz CT molecular complexity index is 1270. The van der Waals surface area contributed by atoms with E-state index in [-0.39, 0.29) is 13.0 Å². The minimum absolute atomic E-state index is 0. The zero-order chi connectivity index (χ0) is 22.0. The van der Waals surface area contributed by atoms with Crippen molar-refractivity contribution in [2.45, 2.75) is 7.43 Å². The Morgan fingerprint density at radius 2 is 1.78 bits per heavy atom. The normalized spacial score (nSPS) is 10.3. The molecule has 2 aromatic heterocycles. The van der Waals surface area contributed by atoms with Crippen LogP contribution in [0.25, 0.3) is 16.9 Å². The van der Waals surface area contributed by atoms with Crippen LogP contribution in [0.15, 0.2) is 54.9 Å². The standard InChI is InChI=1S/C22H21N5O4.CH4/c1-29-14-5-6-16(15(11-14)21(23)28)25-22-26-17(12-20-24-8-9-27(20)22)13-4-7-18(30-2)19(10-13)31-3;/h4-12H,1-3H3,(H2,23,28)(H,25,26);1H4. The molecule has 0 aliphatic heterocycles. The number of hydrogen-bond acceptors (Lipinski definition) is 7. The molecule has 9 heteroatoms. The van der Waals surface area contributed by atoms with Gasteiger partial charge in [0.25, 0.3) is 5.91 Å². The number of rotatable bonds is 7. The highest BCUT2D eigenvalue weighted by molar-refractivity contribution is 5.99. The summed E-state index contributed by atoms with van der Waals surface area (Å²) in [5.74, 6) is 1.62. The predicted molar refractivity (Wildman–Crippen MR) is 123 cm³/mol. The first-order valence-electron chi connectivity index (χ1n) is 9.35. The number of ether oxygens (including phenoxy) is 3. The van der Waals surface area contributed by atoms with E-state index in [0.29, 0.717) is 40.2 Å². The molecule has 0 saturated carbocycles. The lowest BCUT2D eigenvalue weighted by Gasteiger charge is -2.14. The van der Waals surface area contributed by atoms with Crippen LogP contribution < -0.4 is 25.3 Å². The Labute approximate surface area is 185 Å². The molecular weight excluding hydrogens is 410 g/mol. The van der Waals surface area contributed by atoms with Gasteiger partial charge in [0, 0.05) is 24.0 Å². The summed E-state index contributed by atoms with van der Waals surface area (Å²) in [6.45, 7) is 0. The number of imidazole rings is 1. The summed E-state index contributed by atoms with van der Waals surface area (Å²) >= 11 is 0. The van der Waals surface area contributed by atoms with Gasteiger partial charge in [0.15, 0.2) is 11.5 Å². The molecule has 4 rings (SSSR count). The molecule has 0 atom stereocenters. The van der Waals surface area contributed by atoms with Gasteiger partial charge in [-0.15, -0.1) is 0 Å². The molecule has 0 aliphatic carbocycles. The van der Waals surface area contributed by atoms with Crippen LogP contribution in [0.3, 0.4) is 0 Å². The maximum Gasteiger partial charge on any atom is 0.250 e. The maximum absolute atomic E-state index is 12.0. The van der Waals surface area contributed by atoms with Crippen LogP contribution >= 0.6 is 0 Å². The molecule has 0 spiro atoms. The van der Waals surface area contributed by atoms with Crippen molar-refractivity contribution in [2.75, 3.05) is 26.6 Å². The molecule has 9 nitrogen and oxygen atoms in total. The lowest BCUT2D eigenvalue weighted by Crippen LogP contribution is -2.14. The Kier molecular flexibility index (Phi) is 6.48. The Morgan fingerprint density at radius 1 is 1.00 bits per heavy atom. The lowest BCUT2D eigenvalue weighted by molar-refractivity contribution is 0.100. The predicted octanol–water partition coefficient (Wildman–Crippen LogP) is 3.90. The summed E-state index contributed by atoms with van der Waals surface area (Å²) in [5.41, 5.74) is 8.50. The molecule has 2 aromatic carbocycles. The number of carbonyl (C=O) groups excluding carboxylic acids is 1. The summed E-state index contributed by atoms with van der Waals surface area (Å²) in [4.78, 5) is 21.1. The van der Waals surface area contributed by atoms with E-state index in [4.69, 9.17) is 24.9 Å². The third kappa shape index (κ3) is 4.13. The fourth-order valence-electron chi connectivity index (χ4n) is 3.24. The van der Waals surface area contributed by atoms with Crippen LogP contribution in [0.5, 0.6) is 17.2 Å². The fraction of sp³-hybridized carbons (Fsp3) is 0.174. The first kappa shape index (κ1) is 22.4. The number of amides is 1. The summed E-state index contributed by atoms with van der Waals surface area (Å²) in [6.07, 6.45) is 3.44. The third-order valence-corrected chi connectivity index (χ3v) is 4.81. The monoisotopic (exact) mass is 435 g/mol. The smallest absolute Gasteiger partial charge is 0.250 e. The van der Waals surface area contributed by atoms with Crippen molar-refractivity contribution >= 4 is 23.2 Å². The first-order chi connectivity index (χ1) is 15.0. The highest BCUT2D eigenvalue weighted by Gasteiger charge is 2.15. The number of fused-ring (bicyclic) bond motifs is 1. The van der Waals surface area contributed by atoms with Crippen LogP contribution in [0.2, 0.25) is 0 Å². The summed E-state index contributed by atoms with van der Waals surface area (Å²) in [5, 5.41) is 3.20. The number of anilines is 2. The molecule has 0 saturated heterocycles. The van der Waals surface area contributed by atoms with Gasteiger partial charge in [-0.2, -0.15) is 0 Å². The van der Waals surface area contributed by atoms with E-state index < -0.39 is 5.91 Å². The summed E-state index contributed by atoms with van der Waals surface area (Å²) in [6, 6.07) is 12.4. The maximum atomic E-state index is 12.0. The highest BCUT2D eigenvalue weighted by atomic mass is 16.5. The molecular formula is C23H25N5O4. The van der Waals surface area contributed by atoms with Crippen molar-refractivity contribution in [3.05, 3.63) is 60.4 Å². The molecule has 4 aromatic rings. The molecule has 0 unspecified atom stereocenters. The van der Waals surface area contributed by atoms with Gasteiger partial charge in [0.1, 0.15) is 11.4 Å². The van der Waals surface area contributed by atoms with E-state index in [1.54, 1.807) is 49.2 Å². The SMILES string of the molecule is C.COc1ccc(Nc2nc(-c3ccc(OC)c(OC)c3)cc3nccn23)c(C(N)=O)c1. The van der Waals surface area contributed by atoms with Crippen molar-refractivity contribution in [3.8, 4) is 28.5 Å². The largest absolute Gasteiger partial charge is 0.497 e. The van der Waals surface area contributed by atoms with E-state index in [9.17, 15) is 4.79 Å². The minimum atomic E-state index is -0.584. The number of carbonyl (C=O) groups is 1. The van der Waals surface area contributed by atoms with E-state index in [1.165, 1.54) is 7.11 Å². The van der Waals surface area contributed by atoms with Crippen LogP contribution in [-0.4, -0.2) is 41.6 Å². The van der Waals surface area contributed by atoms with Gasteiger partial charge in [-0.05, 0) is 36.4 Å². The van der Waals surface area contributed by atoms with Crippen LogP contribution in [0.4, 0.5) is 11.6 Å². The number of nitrogens with zero attached hydrogens (tertiary/aromatic N) is 3. The number of aromatic nitrogens is 3. The number of nitrogens with one attached hydrogen (secondary N) is 1. The van der Waals surface area contributed by atoms with Gasteiger partial charge in [-0.1, -0.05) is 7.43 Å². The van der Waals surface area contributed by atoms with Gasteiger partial charge >= 0.3 is 0 Å². The van der Waals surface area contributed by atoms with Gasteiger partial charge in [-0.25, -0.2) is 9.97 Å². The topological polar surface area (TPSA) is 113 Å². The second-order valence-electron chi connectivity index (χ2n) is 6.59. The fourth-order valence-corrected chi connectivity index (χ4v) is 3.24. The van der Waals surface area contributed by atoms with Crippen LogP contribution in [-0.2, 0) is 0 Å². The number of methoxy groups -OCH3 is 3. The number of hydrogen-bond donors (Lipinski definition) is 2. The highest BCUT2D eigenvalue weighted by Crippen LogP contribution is 2.33. The average Bonchev–Trinajstić information content (AvgIpc) is 3.27. The second-order valence-corrected chi connectivity index (χ2v) is 6.59. The van der Waals surface area contributed by atoms with Crippen LogP contribution in [0.1, 0.15) is 17.8 Å². The molecule has 2 heterocycles. The molecule has 0 aliphatic rings. The Hall–Kier alpha value is -4.27. The van der Waals surface area contributed by atoms with Crippen molar-refractivity contribution in [3.63, 3.8) is 0 Å². The Morgan fingerprint density at radius 3 is 2.47 bits per heavy atom. The number of primary amides is 1. The van der Waals surface area contributed by atoms with Gasteiger partial charge in [0.2, 0.25) is 5.95 Å². The van der Waals surface area contributed by atoms with Gasteiger partial charge in [0.05, 0.1) is 38.3 Å². The first-order valence-corrected chi connectivity index (χ1v) is 9.35. The van der Waals surface area contributed by atoms with Crippen molar-refractivity contribution in [2.24, 2.45) is 5.73 Å². The second kappa shape index (κ2) is 9.25. The van der Waals surface area contributed by atoms with Crippen molar-refractivity contribution in [1.82, 2.24) is 14.4 Å². The molecule has 0 radical (unpaired) electrons. The third-order valence-electron chi connectivity index (χ3n) is 4.81. The van der Waals surface area contributed by atoms with E-state index >= 15 is 0 Å². The molecule has 3 N–H and O–H groups in total. The van der Waals surface area contributed by atoms with Gasteiger partial charge < -0.3 is 25.3 Å². The number of nitrogens with two attached hydrogens (primary N) is 1. The van der Waals surface area contributed by atoms with Crippen LogP contribution in [0, 0.1) is 0 Å².